The van der Waals surface area contributed by atoms with E-state index < -0.39 is 17.9 Å². The highest BCUT2D eigenvalue weighted by atomic mass is 16.5. The molecule has 1 aromatic carbocycles. The maximum absolute atomic E-state index is 11.5. The maximum atomic E-state index is 11.5. The molecule has 0 aliphatic rings. The Morgan fingerprint density at radius 2 is 1.86 bits per heavy atom. The molecule has 0 saturated heterocycles. The highest BCUT2D eigenvalue weighted by molar-refractivity contribution is 5.89. The first kappa shape index (κ1) is 16.4. The van der Waals surface area contributed by atoms with Crippen molar-refractivity contribution in [1.82, 2.24) is 5.32 Å². The molecule has 0 spiro atoms. The number of primary amides is 1. The standard InChI is InChI=1S/C13H17N3O5/c14-11(17)8-21-6-5-15-13(20)16-10-3-1-9(2-4-10)7-12(18)19/h1-4H,5-8H2,(H2,14,17)(H,18,19)(H2,15,16,20). The van der Waals surface area contributed by atoms with Gasteiger partial charge in [0.25, 0.3) is 0 Å². The third-order valence-electron chi connectivity index (χ3n) is 2.34. The van der Waals surface area contributed by atoms with Crippen LogP contribution in [0, 0.1) is 0 Å². The van der Waals surface area contributed by atoms with Crippen LogP contribution in [0.15, 0.2) is 24.3 Å². The average molecular weight is 295 g/mol. The molecule has 0 heterocycles. The second-order valence-electron chi connectivity index (χ2n) is 4.17. The fourth-order valence-electron chi connectivity index (χ4n) is 1.47. The summed E-state index contributed by atoms with van der Waals surface area (Å²) in [5, 5.41) is 13.7. The summed E-state index contributed by atoms with van der Waals surface area (Å²) in [7, 11) is 0. The molecule has 1 rings (SSSR count). The number of urea groups is 1. The lowest BCUT2D eigenvalue weighted by molar-refractivity contribution is -0.136. The van der Waals surface area contributed by atoms with Gasteiger partial charge in [-0.25, -0.2) is 4.79 Å². The minimum absolute atomic E-state index is 0.0658. The molecule has 8 heteroatoms. The molecule has 0 aliphatic heterocycles. The van der Waals surface area contributed by atoms with Crippen molar-refractivity contribution in [3.8, 4) is 0 Å². The summed E-state index contributed by atoms with van der Waals surface area (Å²) in [6.07, 6.45) is -0.0658. The molecule has 3 amide bonds. The zero-order chi connectivity index (χ0) is 15.7. The Hall–Kier alpha value is -2.61. The number of carbonyl (C=O) groups is 3. The molecule has 0 fully saturated rings. The Balaban J connectivity index is 2.27. The third-order valence-corrected chi connectivity index (χ3v) is 2.34. The van der Waals surface area contributed by atoms with Crippen LogP contribution >= 0.6 is 0 Å². The van der Waals surface area contributed by atoms with E-state index in [-0.39, 0.29) is 26.2 Å². The maximum Gasteiger partial charge on any atom is 0.319 e. The van der Waals surface area contributed by atoms with Crippen molar-refractivity contribution in [2.75, 3.05) is 25.1 Å². The molecule has 0 radical (unpaired) electrons. The van der Waals surface area contributed by atoms with Crippen molar-refractivity contribution in [3.63, 3.8) is 0 Å². The molecule has 8 nitrogen and oxygen atoms in total. The minimum atomic E-state index is -0.913. The van der Waals surface area contributed by atoms with Gasteiger partial charge in [0.15, 0.2) is 0 Å². The first-order valence-corrected chi connectivity index (χ1v) is 6.19. The fraction of sp³-hybridized carbons (Fsp3) is 0.308. The molecule has 114 valence electrons. The van der Waals surface area contributed by atoms with Gasteiger partial charge in [0.1, 0.15) is 6.61 Å². The Bertz CT molecular complexity index is 501. The third kappa shape index (κ3) is 7.53. The molecule has 5 N–H and O–H groups in total. The van der Waals surface area contributed by atoms with Crippen LogP contribution in [0.1, 0.15) is 5.56 Å². The van der Waals surface area contributed by atoms with E-state index in [0.717, 1.165) is 0 Å². The lowest BCUT2D eigenvalue weighted by Gasteiger charge is -2.08. The van der Waals surface area contributed by atoms with E-state index >= 15 is 0 Å². The van der Waals surface area contributed by atoms with Crippen molar-refractivity contribution in [2.24, 2.45) is 5.73 Å². The van der Waals surface area contributed by atoms with Gasteiger partial charge in [-0.2, -0.15) is 0 Å². The monoisotopic (exact) mass is 295 g/mol. The SMILES string of the molecule is NC(=O)COCCNC(=O)Nc1ccc(CC(=O)O)cc1. The smallest absolute Gasteiger partial charge is 0.319 e. The number of carboxylic acids is 1. The normalized spacial score (nSPS) is 9.90. The van der Waals surface area contributed by atoms with E-state index in [9.17, 15) is 14.4 Å². The van der Waals surface area contributed by atoms with E-state index in [1.54, 1.807) is 24.3 Å². The zero-order valence-electron chi connectivity index (χ0n) is 11.3. The number of hydrogen-bond donors (Lipinski definition) is 4. The van der Waals surface area contributed by atoms with Gasteiger partial charge >= 0.3 is 12.0 Å². The number of ether oxygens (including phenoxy) is 1. The molecule has 0 saturated carbocycles. The molecule has 0 atom stereocenters. The van der Waals surface area contributed by atoms with Crippen molar-refractivity contribution >= 4 is 23.6 Å². The zero-order valence-corrected chi connectivity index (χ0v) is 11.3. The van der Waals surface area contributed by atoms with Gasteiger partial charge in [-0.3, -0.25) is 9.59 Å². The van der Waals surface area contributed by atoms with E-state index in [2.05, 4.69) is 10.6 Å². The molecule has 0 unspecified atom stereocenters. The van der Waals surface area contributed by atoms with Crippen LogP contribution in [-0.4, -0.2) is 42.8 Å². The molecular formula is C13H17N3O5. The molecule has 0 aliphatic carbocycles. The quantitative estimate of drug-likeness (QED) is 0.499. The summed E-state index contributed by atoms with van der Waals surface area (Å²) >= 11 is 0. The number of nitrogens with two attached hydrogens (primary N) is 1. The first-order valence-electron chi connectivity index (χ1n) is 6.19. The van der Waals surface area contributed by atoms with Crippen molar-refractivity contribution in [3.05, 3.63) is 29.8 Å². The van der Waals surface area contributed by atoms with Crippen LogP contribution in [0.5, 0.6) is 0 Å². The van der Waals surface area contributed by atoms with Gasteiger partial charge in [0, 0.05) is 12.2 Å². The molecule has 1 aromatic rings. The van der Waals surface area contributed by atoms with Crippen LogP contribution < -0.4 is 16.4 Å². The van der Waals surface area contributed by atoms with Gasteiger partial charge in [0.05, 0.1) is 13.0 Å². The van der Waals surface area contributed by atoms with E-state index in [0.29, 0.717) is 11.3 Å². The fourth-order valence-corrected chi connectivity index (χ4v) is 1.47. The van der Waals surface area contributed by atoms with Crippen molar-refractivity contribution < 1.29 is 24.2 Å². The largest absolute Gasteiger partial charge is 0.481 e. The molecule has 0 bridgehead atoms. The van der Waals surface area contributed by atoms with E-state index in [1.165, 1.54) is 0 Å². The Morgan fingerprint density at radius 1 is 1.19 bits per heavy atom. The number of nitrogens with one attached hydrogen (secondary N) is 2. The van der Waals surface area contributed by atoms with Crippen LogP contribution in [0.4, 0.5) is 10.5 Å². The Morgan fingerprint density at radius 3 is 2.43 bits per heavy atom. The van der Waals surface area contributed by atoms with Gasteiger partial charge in [-0.1, -0.05) is 12.1 Å². The average Bonchev–Trinajstić information content (AvgIpc) is 2.39. The molecule has 21 heavy (non-hydrogen) atoms. The Labute approximate surface area is 121 Å². The number of rotatable bonds is 8. The summed E-state index contributed by atoms with van der Waals surface area (Å²) in [6, 6.07) is 6.05. The first-order chi connectivity index (χ1) is 9.97. The van der Waals surface area contributed by atoms with Crippen LogP contribution in [0.3, 0.4) is 0 Å². The van der Waals surface area contributed by atoms with Crippen molar-refractivity contribution in [1.29, 1.82) is 0 Å². The van der Waals surface area contributed by atoms with Gasteiger partial charge in [0.2, 0.25) is 5.91 Å². The van der Waals surface area contributed by atoms with Crippen LogP contribution in [0.2, 0.25) is 0 Å². The summed E-state index contributed by atoms with van der Waals surface area (Å²) in [4.78, 5) is 32.4. The number of hydrogen-bond acceptors (Lipinski definition) is 4. The lowest BCUT2D eigenvalue weighted by Crippen LogP contribution is -2.32. The Kier molecular flexibility index (Phi) is 6.69. The number of anilines is 1. The number of carbonyl (C=O) groups excluding carboxylic acids is 2. The highest BCUT2D eigenvalue weighted by Crippen LogP contribution is 2.09. The topological polar surface area (TPSA) is 131 Å². The molecule has 0 aromatic heterocycles. The predicted molar refractivity (Wildman–Crippen MR) is 74.8 cm³/mol. The number of benzene rings is 1. The summed E-state index contributed by atoms with van der Waals surface area (Å²) in [5.41, 5.74) is 6.07. The van der Waals surface area contributed by atoms with Crippen LogP contribution in [0.25, 0.3) is 0 Å². The highest BCUT2D eigenvalue weighted by Gasteiger charge is 2.03. The molecular weight excluding hydrogens is 278 g/mol. The lowest BCUT2D eigenvalue weighted by atomic mass is 10.1. The van der Waals surface area contributed by atoms with Gasteiger partial charge in [-0.05, 0) is 17.7 Å². The summed E-state index contributed by atoms with van der Waals surface area (Å²) < 4.78 is 4.88. The predicted octanol–water partition coefficient (Wildman–Crippen LogP) is -0.0629. The second kappa shape index (κ2) is 8.54. The summed E-state index contributed by atoms with van der Waals surface area (Å²) in [6.45, 7) is 0.221. The van der Waals surface area contributed by atoms with Gasteiger partial charge in [-0.15, -0.1) is 0 Å². The van der Waals surface area contributed by atoms with Gasteiger partial charge < -0.3 is 26.2 Å². The number of aliphatic carboxylic acids is 1. The van der Waals surface area contributed by atoms with E-state index in [4.69, 9.17) is 15.6 Å². The van der Waals surface area contributed by atoms with Crippen molar-refractivity contribution in [2.45, 2.75) is 6.42 Å². The van der Waals surface area contributed by atoms with E-state index in [1.807, 2.05) is 0 Å². The minimum Gasteiger partial charge on any atom is -0.481 e. The number of carboxylic acid groups (broad SMARTS) is 1. The summed E-state index contributed by atoms with van der Waals surface area (Å²) in [5.74, 6) is -1.48. The number of amides is 3. The second-order valence-corrected chi connectivity index (χ2v) is 4.17. The van der Waals surface area contributed by atoms with Crippen LogP contribution in [-0.2, 0) is 20.7 Å².